The summed E-state index contributed by atoms with van der Waals surface area (Å²) in [6.07, 6.45) is 3.36. The quantitative estimate of drug-likeness (QED) is 0.591. The number of rotatable bonds is 7. The summed E-state index contributed by atoms with van der Waals surface area (Å²) >= 11 is 0. The number of hydrogen-bond donors (Lipinski definition) is 0. The molecule has 0 unspecified atom stereocenters. The van der Waals surface area contributed by atoms with E-state index in [-0.39, 0.29) is 5.56 Å². The maximum absolute atomic E-state index is 12.6. The van der Waals surface area contributed by atoms with Crippen LogP contribution in [-0.2, 0) is 11.3 Å². The van der Waals surface area contributed by atoms with Crippen LogP contribution in [0.15, 0.2) is 34.4 Å². The molecule has 0 aliphatic carbocycles. The number of aromatic nitrogens is 1. The second kappa shape index (κ2) is 9.74. The minimum atomic E-state index is -1.07. The zero-order valence-electron chi connectivity index (χ0n) is 19.2. The van der Waals surface area contributed by atoms with Crippen molar-refractivity contribution in [2.45, 2.75) is 33.2 Å². The lowest BCUT2D eigenvalue weighted by Gasteiger charge is -2.36. The molecule has 0 saturated carbocycles. The molecule has 0 radical (unpaired) electrons. The van der Waals surface area contributed by atoms with Crippen LogP contribution >= 0.6 is 0 Å². The fourth-order valence-electron chi connectivity index (χ4n) is 4.38. The summed E-state index contributed by atoms with van der Waals surface area (Å²) in [6, 6.07) is 5.22. The Labute approximate surface area is 192 Å². The first-order chi connectivity index (χ1) is 15.9. The fourth-order valence-corrected chi connectivity index (χ4v) is 4.38. The van der Waals surface area contributed by atoms with E-state index in [1.165, 1.54) is 12.3 Å². The zero-order valence-corrected chi connectivity index (χ0v) is 19.2. The van der Waals surface area contributed by atoms with Gasteiger partial charge < -0.3 is 19.2 Å². The molecule has 1 aromatic heterocycles. The summed E-state index contributed by atoms with van der Waals surface area (Å²) in [5.41, 5.74) is 1.65. The third-order valence-electron chi connectivity index (χ3n) is 6.06. The van der Waals surface area contributed by atoms with E-state index >= 15 is 0 Å². The molecule has 0 bridgehead atoms. The average Bonchev–Trinajstić information content (AvgIpc) is 2.81. The highest BCUT2D eigenvalue weighted by Crippen LogP contribution is 2.39. The van der Waals surface area contributed by atoms with Crippen LogP contribution in [0.1, 0.15) is 42.6 Å². The first-order valence-electron chi connectivity index (χ1n) is 11.2. The van der Waals surface area contributed by atoms with Gasteiger partial charge in [0.2, 0.25) is 0 Å². The van der Waals surface area contributed by atoms with Crippen LogP contribution in [-0.4, -0.2) is 44.1 Å². The SMILES string of the molecule is COc1cc2c(cc1OCC1CCOCC1)CN(CC(C)C)n1cc(C(=O)N=O)c(=O)cc1-2. The van der Waals surface area contributed by atoms with Gasteiger partial charge >= 0.3 is 5.91 Å². The van der Waals surface area contributed by atoms with Crippen LogP contribution in [0.5, 0.6) is 11.5 Å². The number of nitroso groups, excluding NO2 is 1. The maximum Gasteiger partial charge on any atom is 0.322 e. The van der Waals surface area contributed by atoms with Crippen LogP contribution in [0.4, 0.5) is 0 Å². The number of carbonyl (C=O) groups excluding carboxylic acids is 1. The van der Waals surface area contributed by atoms with E-state index in [1.807, 2.05) is 17.1 Å². The van der Waals surface area contributed by atoms with Gasteiger partial charge in [-0.1, -0.05) is 13.8 Å². The summed E-state index contributed by atoms with van der Waals surface area (Å²) in [5.74, 6) is 0.940. The van der Waals surface area contributed by atoms with Gasteiger partial charge in [-0.3, -0.25) is 14.3 Å². The number of benzene rings is 1. The predicted molar refractivity (Wildman–Crippen MR) is 123 cm³/mol. The van der Waals surface area contributed by atoms with Gasteiger partial charge in [-0.2, -0.15) is 0 Å². The normalized spacial score (nSPS) is 15.7. The number of fused-ring (bicyclic) bond motifs is 3. The number of ether oxygens (including phenoxy) is 3. The number of nitrogens with zero attached hydrogens (tertiary/aromatic N) is 3. The molecule has 1 aromatic carbocycles. The number of carbonyl (C=O) groups is 1. The summed E-state index contributed by atoms with van der Waals surface area (Å²) in [4.78, 5) is 35.3. The molecule has 33 heavy (non-hydrogen) atoms. The van der Waals surface area contributed by atoms with Gasteiger partial charge in [0.25, 0.3) is 0 Å². The van der Waals surface area contributed by atoms with E-state index in [9.17, 15) is 14.5 Å². The number of hydrogen-bond acceptors (Lipinski definition) is 7. The van der Waals surface area contributed by atoms with E-state index in [2.05, 4.69) is 19.0 Å². The molecule has 0 atom stereocenters. The van der Waals surface area contributed by atoms with Crippen molar-refractivity contribution in [3.05, 3.63) is 50.7 Å². The van der Waals surface area contributed by atoms with Crippen molar-refractivity contribution in [3.63, 3.8) is 0 Å². The maximum atomic E-state index is 12.6. The van der Waals surface area contributed by atoms with Crippen molar-refractivity contribution in [1.29, 1.82) is 0 Å². The van der Waals surface area contributed by atoms with Gasteiger partial charge in [0, 0.05) is 42.8 Å². The minimum absolute atomic E-state index is 0.241. The molecule has 9 nitrogen and oxygen atoms in total. The Morgan fingerprint density at radius 3 is 2.64 bits per heavy atom. The van der Waals surface area contributed by atoms with Gasteiger partial charge in [-0.25, -0.2) is 0 Å². The molecule has 2 aromatic rings. The first-order valence-corrected chi connectivity index (χ1v) is 11.2. The Balaban J connectivity index is 1.75. The highest BCUT2D eigenvalue weighted by atomic mass is 16.5. The number of pyridine rings is 1. The average molecular weight is 456 g/mol. The lowest BCUT2D eigenvalue weighted by atomic mass is 9.99. The van der Waals surface area contributed by atoms with Crippen LogP contribution in [0.25, 0.3) is 11.3 Å². The largest absolute Gasteiger partial charge is 0.493 e. The van der Waals surface area contributed by atoms with Gasteiger partial charge in [0.15, 0.2) is 16.9 Å². The highest BCUT2D eigenvalue weighted by Gasteiger charge is 2.27. The fraction of sp³-hybridized carbons (Fsp3) is 0.500. The van der Waals surface area contributed by atoms with Gasteiger partial charge in [0.1, 0.15) is 5.56 Å². The van der Waals surface area contributed by atoms with E-state index in [1.54, 1.807) is 11.8 Å². The lowest BCUT2D eigenvalue weighted by molar-refractivity contribution is 0.0493. The summed E-state index contributed by atoms with van der Waals surface area (Å²) < 4.78 is 19.0. The molecule has 1 saturated heterocycles. The Kier molecular flexibility index (Phi) is 6.78. The molecule has 1 amide bonds. The van der Waals surface area contributed by atoms with Gasteiger partial charge in [-0.15, -0.1) is 4.91 Å². The topological polar surface area (TPSA) is 99.4 Å². The van der Waals surface area contributed by atoms with E-state index < -0.39 is 11.3 Å². The second-order valence-corrected chi connectivity index (χ2v) is 8.95. The van der Waals surface area contributed by atoms with Gasteiger partial charge in [0.05, 0.1) is 26.0 Å². The predicted octanol–water partition coefficient (Wildman–Crippen LogP) is 3.34. The molecule has 9 heteroatoms. The van der Waals surface area contributed by atoms with Crippen molar-refractivity contribution in [2.24, 2.45) is 17.0 Å². The van der Waals surface area contributed by atoms with Crippen molar-refractivity contribution < 1.29 is 19.0 Å². The Morgan fingerprint density at radius 1 is 1.21 bits per heavy atom. The number of amides is 1. The molecular formula is C24H29N3O6. The second-order valence-electron chi connectivity index (χ2n) is 8.95. The molecular weight excluding hydrogens is 426 g/mol. The van der Waals surface area contributed by atoms with Crippen LogP contribution < -0.4 is 19.9 Å². The molecule has 4 rings (SSSR count). The Morgan fingerprint density at radius 2 is 1.97 bits per heavy atom. The lowest BCUT2D eigenvalue weighted by Crippen LogP contribution is -2.41. The Hall–Kier alpha value is -3.20. The molecule has 1 fully saturated rings. The molecule has 0 N–H and O–H groups in total. The van der Waals surface area contributed by atoms with Crippen LogP contribution in [0.2, 0.25) is 0 Å². The van der Waals surface area contributed by atoms with E-state index in [0.717, 1.165) is 37.2 Å². The Bertz CT molecular complexity index is 1100. The highest BCUT2D eigenvalue weighted by molar-refractivity contribution is 5.94. The minimum Gasteiger partial charge on any atom is -0.493 e. The standard InChI is InChI=1S/C24H29N3O6/c1-15(2)11-26-12-17-8-23(33-14-16-4-6-32-7-5-16)22(31-3)9-18(17)20-10-21(28)19(13-27(20)26)24(29)25-30/h8-10,13,15-16H,4-7,11-12,14H2,1-3H3. The number of methoxy groups -OCH3 is 1. The molecule has 3 heterocycles. The van der Waals surface area contributed by atoms with Gasteiger partial charge in [-0.05, 0) is 42.4 Å². The van der Waals surface area contributed by atoms with Crippen LogP contribution in [0, 0.1) is 16.7 Å². The zero-order chi connectivity index (χ0) is 23.5. The summed E-state index contributed by atoms with van der Waals surface area (Å²) in [5, 5.41) is 4.47. The van der Waals surface area contributed by atoms with Crippen molar-refractivity contribution in [2.75, 3.05) is 38.5 Å². The van der Waals surface area contributed by atoms with Crippen molar-refractivity contribution in [3.8, 4) is 22.8 Å². The molecule has 2 aliphatic rings. The molecule has 176 valence electrons. The first kappa shape index (κ1) is 23.0. The third-order valence-corrected chi connectivity index (χ3v) is 6.06. The summed E-state index contributed by atoms with van der Waals surface area (Å²) in [6.45, 7) is 7.52. The smallest absolute Gasteiger partial charge is 0.322 e. The van der Waals surface area contributed by atoms with Crippen molar-refractivity contribution >= 4 is 5.91 Å². The van der Waals surface area contributed by atoms with Crippen LogP contribution in [0.3, 0.4) is 0 Å². The molecule has 0 spiro atoms. The van der Waals surface area contributed by atoms with Crippen molar-refractivity contribution in [1.82, 2.24) is 4.68 Å². The summed E-state index contributed by atoms with van der Waals surface area (Å²) in [7, 11) is 1.58. The van der Waals surface area contributed by atoms with E-state index in [0.29, 0.717) is 48.7 Å². The van der Waals surface area contributed by atoms with E-state index in [4.69, 9.17) is 14.2 Å². The molecule has 2 aliphatic heterocycles. The third kappa shape index (κ3) is 4.78. The monoisotopic (exact) mass is 455 g/mol.